The Morgan fingerprint density at radius 2 is 2.06 bits per heavy atom. The molecule has 1 aromatic carbocycles. The number of ether oxygens (including phenoxy) is 1. The van der Waals surface area contributed by atoms with Gasteiger partial charge in [-0.25, -0.2) is 0 Å². The smallest absolute Gasteiger partial charge is 0.222 e. The molecule has 2 aliphatic rings. The number of fused-ring (bicyclic) bond motifs is 1. The molecule has 1 saturated heterocycles. The molecule has 1 fully saturated rings. The van der Waals surface area contributed by atoms with Crippen LogP contribution in [0.5, 0.6) is 5.75 Å². The summed E-state index contributed by atoms with van der Waals surface area (Å²) in [6.07, 6.45) is 6.41. The van der Waals surface area contributed by atoms with Crippen molar-refractivity contribution in [3.63, 3.8) is 0 Å². The average Bonchev–Trinajstić information content (AvgIpc) is 3.59. The predicted octanol–water partition coefficient (Wildman–Crippen LogP) is 2.93. The second-order valence-electron chi connectivity index (χ2n) is 9.05. The van der Waals surface area contributed by atoms with Gasteiger partial charge in [0, 0.05) is 81.4 Å². The Morgan fingerprint density at radius 3 is 2.88 bits per heavy atom. The number of aryl methyl sites for hydroxylation is 2. The number of methoxy groups -OCH3 is 1. The maximum absolute atomic E-state index is 12.5. The van der Waals surface area contributed by atoms with Crippen molar-refractivity contribution in [1.29, 1.82) is 0 Å². The summed E-state index contributed by atoms with van der Waals surface area (Å²) in [6.45, 7) is 4.45. The van der Waals surface area contributed by atoms with Crippen molar-refractivity contribution in [2.45, 2.75) is 45.2 Å². The molecule has 5 rings (SSSR count). The fraction of sp³-hybridized carbons (Fsp3) is 0.480. The van der Waals surface area contributed by atoms with Crippen LogP contribution in [0.3, 0.4) is 0 Å². The van der Waals surface area contributed by atoms with Gasteiger partial charge < -0.3 is 9.64 Å². The van der Waals surface area contributed by atoms with Crippen LogP contribution in [0.25, 0.3) is 11.3 Å². The third kappa shape index (κ3) is 4.53. The van der Waals surface area contributed by atoms with Crippen LogP contribution in [0.1, 0.15) is 41.8 Å². The summed E-state index contributed by atoms with van der Waals surface area (Å²) in [5, 5.41) is 12.3. The van der Waals surface area contributed by atoms with Crippen molar-refractivity contribution in [2.75, 3.05) is 26.7 Å². The lowest BCUT2D eigenvalue weighted by molar-refractivity contribution is -0.130. The molecule has 2 aliphatic heterocycles. The second-order valence-corrected chi connectivity index (χ2v) is 9.05. The summed E-state index contributed by atoms with van der Waals surface area (Å²) in [5.41, 5.74) is 6.94. The predicted molar refractivity (Wildman–Crippen MR) is 126 cm³/mol. The highest BCUT2D eigenvalue weighted by Gasteiger charge is 2.26. The summed E-state index contributed by atoms with van der Waals surface area (Å²) < 4.78 is 7.40. The zero-order valence-corrected chi connectivity index (χ0v) is 19.5. The molecule has 0 spiro atoms. The molecule has 0 unspecified atom stereocenters. The summed E-state index contributed by atoms with van der Waals surface area (Å²) in [7, 11) is 3.71. The lowest BCUT2D eigenvalue weighted by atomic mass is 10.0. The summed E-state index contributed by atoms with van der Waals surface area (Å²) >= 11 is 0. The maximum Gasteiger partial charge on any atom is 0.222 e. The number of nitrogens with one attached hydrogen (secondary N) is 1. The van der Waals surface area contributed by atoms with Crippen LogP contribution in [0.15, 0.2) is 30.5 Å². The Hall–Kier alpha value is -3.13. The number of aromatic amines is 1. The molecule has 4 heterocycles. The Kier molecular flexibility index (Phi) is 6.17. The van der Waals surface area contributed by atoms with Gasteiger partial charge in [0.1, 0.15) is 5.75 Å². The van der Waals surface area contributed by atoms with Crippen molar-refractivity contribution in [3.05, 3.63) is 53.0 Å². The van der Waals surface area contributed by atoms with Gasteiger partial charge in [-0.1, -0.05) is 12.1 Å². The number of H-pyrrole nitrogens is 1. The number of benzene rings is 1. The van der Waals surface area contributed by atoms with E-state index in [1.54, 1.807) is 7.11 Å². The summed E-state index contributed by atoms with van der Waals surface area (Å²) in [5.74, 6) is 1.10. The first-order valence-corrected chi connectivity index (χ1v) is 11.8. The number of hydrogen-bond acceptors (Lipinski definition) is 5. The van der Waals surface area contributed by atoms with Crippen molar-refractivity contribution in [3.8, 4) is 17.0 Å². The Balaban J connectivity index is 1.29. The molecule has 0 bridgehead atoms. The normalized spacial score (nSPS) is 16.2. The SMILES string of the molecule is COc1cccc(-c2[nH]ncc2CN2CCc3c(c(CCC(=O)N4CCCC4)nn3C)C2)c1. The van der Waals surface area contributed by atoms with Crippen LogP contribution in [-0.4, -0.2) is 62.4 Å². The fourth-order valence-corrected chi connectivity index (χ4v) is 5.11. The second kappa shape index (κ2) is 9.39. The van der Waals surface area contributed by atoms with Crippen molar-refractivity contribution >= 4 is 5.91 Å². The maximum atomic E-state index is 12.5. The molecule has 1 amide bonds. The number of hydrogen-bond donors (Lipinski definition) is 1. The number of rotatable bonds is 7. The van der Waals surface area contributed by atoms with Crippen molar-refractivity contribution in [2.24, 2.45) is 7.05 Å². The third-order valence-electron chi connectivity index (χ3n) is 6.91. The zero-order valence-electron chi connectivity index (χ0n) is 19.5. The molecular formula is C25H32N6O2. The largest absolute Gasteiger partial charge is 0.497 e. The molecule has 1 N–H and O–H groups in total. The molecule has 3 aromatic rings. The minimum Gasteiger partial charge on any atom is -0.497 e. The van der Waals surface area contributed by atoms with Crippen LogP contribution in [0.4, 0.5) is 0 Å². The number of carbonyl (C=O) groups excluding carboxylic acids is 1. The van der Waals surface area contributed by atoms with Gasteiger partial charge in [0.25, 0.3) is 0 Å². The van der Waals surface area contributed by atoms with Crippen molar-refractivity contribution in [1.82, 2.24) is 29.8 Å². The zero-order chi connectivity index (χ0) is 22.8. The molecule has 0 atom stereocenters. The van der Waals surface area contributed by atoms with E-state index in [2.05, 4.69) is 21.2 Å². The fourth-order valence-electron chi connectivity index (χ4n) is 5.11. The first-order chi connectivity index (χ1) is 16.1. The highest BCUT2D eigenvalue weighted by Crippen LogP contribution is 2.29. The van der Waals surface area contributed by atoms with Gasteiger partial charge in [0.2, 0.25) is 5.91 Å². The number of amides is 1. The number of carbonyl (C=O) groups is 1. The Bertz CT molecular complexity index is 1130. The van der Waals surface area contributed by atoms with E-state index in [9.17, 15) is 4.79 Å². The van der Waals surface area contributed by atoms with Gasteiger partial charge in [-0.2, -0.15) is 10.2 Å². The van der Waals surface area contributed by atoms with Crippen LogP contribution in [0, 0.1) is 0 Å². The molecule has 0 radical (unpaired) electrons. The standard InChI is InChI=1S/C25H32N6O2/c1-29-23-10-13-30(16-19-15-26-27-25(19)18-6-5-7-20(14-18)33-2)17-21(23)22(28-29)8-9-24(32)31-11-3-4-12-31/h5-7,14-15H,3-4,8-13,16-17H2,1-2H3,(H,26,27). The van der Waals surface area contributed by atoms with E-state index in [1.165, 1.54) is 16.8 Å². The minimum absolute atomic E-state index is 0.265. The quantitative estimate of drug-likeness (QED) is 0.601. The van der Waals surface area contributed by atoms with Crippen LogP contribution >= 0.6 is 0 Å². The van der Waals surface area contributed by atoms with E-state index in [1.807, 2.05) is 41.0 Å². The van der Waals surface area contributed by atoms with Gasteiger partial charge in [0.05, 0.1) is 24.7 Å². The third-order valence-corrected chi connectivity index (χ3v) is 6.91. The van der Waals surface area contributed by atoms with E-state index in [0.29, 0.717) is 12.8 Å². The van der Waals surface area contributed by atoms with E-state index in [4.69, 9.17) is 9.84 Å². The Morgan fingerprint density at radius 1 is 1.21 bits per heavy atom. The van der Waals surface area contributed by atoms with E-state index in [-0.39, 0.29) is 5.91 Å². The molecule has 0 saturated carbocycles. The van der Waals surface area contributed by atoms with Gasteiger partial charge in [0.15, 0.2) is 0 Å². The van der Waals surface area contributed by atoms with Crippen LogP contribution < -0.4 is 4.74 Å². The van der Waals surface area contributed by atoms with Crippen LogP contribution in [-0.2, 0) is 37.8 Å². The van der Waals surface area contributed by atoms with E-state index in [0.717, 1.165) is 74.7 Å². The van der Waals surface area contributed by atoms with Gasteiger partial charge >= 0.3 is 0 Å². The van der Waals surface area contributed by atoms with Crippen molar-refractivity contribution < 1.29 is 9.53 Å². The molecule has 174 valence electrons. The average molecular weight is 449 g/mol. The molecule has 0 aliphatic carbocycles. The minimum atomic E-state index is 0.265. The topological polar surface area (TPSA) is 79.3 Å². The lowest BCUT2D eigenvalue weighted by Crippen LogP contribution is -2.31. The Labute approximate surface area is 194 Å². The first kappa shape index (κ1) is 21.7. The molecule has 2 aromatic heterocycles. The van der Waals surface area contributed by atoms with Gasteiger partial charge in [-0.3, -0.25) is 19.5 Å². The highest BCUT2D eigenvalue weighted by atomic mass is 16.5. The molecule has 33 heavy (non-hydrogen) atoms. The molecule has 8 heteroatoms. The molecule has 8 nitrogen and oxygen atoms in total. The highest BCUT2D eigenvalue weighted by molar-refractivity contribution is 5.76. The monoisotopic (exact) mass is 448 g/mol. The van der Waals surface area contributed by atoms with E-state index >= 15 is 0 Å². The van der Waals surface area contributed by atoms with Crippen LogP contribution in [0.2, 0.25) is 0 Å². The number of likely N-dealkylation sites (tertiary alicyclic amines) is 1. The summed E-state index contributed by atoms with van der Waals surface area (Å²) in [4.78, 5) is 17.0. The molecular weight excluding hydrogens is 416 g/mol. The number of nitrogens with zero attached hydrogens (tertiary/aromatic N) is 5. The summed E-state index contributed by atoms with van der Waals surface area (Å²) in [6, 6.07) is 8.05. The first-order valence-electron chi connectivity index (χ1n) is 11.8. The van der Waals surface area contributed by atoms with Gasteiger partial charge in [-0.15, -0.1) is 0 Å². The van der Waals surface area contributed by atoms with E-state index < -0.39 is 0 Å². The van der Waals surface area contributed by atoms with Gasteiger partial charge in [-0.05, 0) is 25.0 Å². The lowest BCUT2D eigenvalue weighted by Gasteiger charge is -2.27. The number of aromatic nitrogens is 4.